The molecule has 216 valence electrons. The largest absolute Gasteiger partial charge is 0.487 e. The summed E-state index contributed by atoms with van der Waals surface area (Å²) >= 11 is 0. The second-order valence-electron chi connectivity index (χ2n) is 12.3. The second kappa shape index (κ2) is 10.4. The molecule has 2 heterocycles. The highest BCUT2D eigenvalue weighted by Gasteiger charge is 2.75. The van der Waals surface area contributed by atoms with Crippen molar-refractivity contribution in [3.05, 3.63) is 107 Å². The minimum Gasteiger partial charge on any atom is -0.487 e. The molecule has 0 N–H and O–H groups in total. The number of rotatable bonds is 7. The Bertz CT molecular complexity index is 1520. The monoisotopic (exact) mass is 562 g/mol. The molecule has 2 fully saturated rings. The smallest absolute Gasteiger partial charge is 0.303 e. The van der Waals surface area contributed by atoms with Crippen LogP contribution >= 0.6 is 0 Å². The number of piperidine rings is 1. The van der Waals surface area contributed by atoms with E-state index in [-0.39, 0.29) is 30.1 Å². The number of likely N-dealkylation sites (N-methyl/N-ethyl adjacent to an activating group) is 1. The minimum atomic E-state index is -0.710. The molecule has 1 saturated heterocycles. The van der Waals surface area contributed by atoms with E-state index in [1.54, 1.807) is 6.08 Å². The van der Waals surface area contributed by atoms with Crippen molar-refractivity contribution in [3.63, 3.8) is 0 Å². The molecule has 42 heavy (non-hydrogen) atoms. The number of hydrogen-bond acceptors (Lipinski definition) is 5. The Kier molecular flexibility index (Phi) is 6.69. The van der Waals surface area contributed by atoms with Crippen molar-refractivity contribution in [3.8, 4) is 5.75 Å². The van der Waals surface area contributed by atoms with Crippen molar-refractivity contribution in [1.82, 2.24) is 9.80 Å². The quantitative estimate of drug-likeness (QED) is 0.293. The van der Waals surface area contributed by atoms with E-state index < -0.39 is 11.0 Å². The van der Waals surface area contributed by atoms with E-state index >= 15 is 0 Å². The van der Waals surface area contributed by atoms with Gasteiger partial charge in [0, 0.05) is 32.2 Å². The minimum absolute atomic E-state index is 0.0470. The van der Waals surface area contributed by atoms with Crippen LogP contribution in [0.1, 0.15) is 48.4 Å². The Morgan fingerprint density at radius 1 is 1.02 bits per heavy atom. The van der Waals surface area contributed by atoms with Gasteiger partial charge in [-0.25, -0.2) is 0 Å². The topological polar surface area (TPSA) is 59.1 Å². The van der Waals surface area contributed by atoms with Crippen LogP contribution in [0.15, 0.2) is 84.9 Å². The molecule has 2 aliphatic carbocycles. The number of carbonyl (C=O) groups excluding carboxylic acids is 2. The molecule has 2 bridgehead atoms. The summed E-state index contributed by atoms with van der Waals surface area (Å²) in [6.45, 7) is 3.34. The average Bonchev–Trinajstić information content (AvgIpc) is 3.34. The lowest BCUT2D eigenvalue weighted by Crippen LogP contribution is -2.79. The molecule has 2 aliphatic heterocycles. The lowest BCUT2D eigenvalue weighted by Gasteiger charge is -2.65. The van der Waals surface area contributed by atoms with Crippen LogP contribution in [0.2, 0.25) is 0 Å². The van der Waals surface area contributed by atoms with Crippen LogP contribution in [0.25, 0.3) is 6.08 Å². The molecule has 5 atom stereocenters. The predicted octanol–water partition coefficient (Wildman–Crippen LogP) is 5.19. The van der Waals surface area contributed by atoms with E-state index in [4.69, 9.17) is 9.47 Å². The molecule has 1 saturated carbocycles. The summed E-state index contributed by atoms with van der Waals surface area (Å²) in [5, 5.41) is 0. The van der Waals surface area contributed by atoms with E-state index in [9.17, 15) is 9.59 Å². The molecule has 4 aliphatic rings. The van der Waals surface area contributed by atoms with Crippen molar-refractivity contribution in [2.75, 3.05) is 20.1 Å². The molecule has 3 aromatic carbocycles. The van der Waals surface area contributed by atoms with E-state index in [1.807, 2.05) is 48.4 Å². The zero-order chi connectivity index (χ0) is 28.9. The van der Waals surface area contributed by atoms with Gasteiger partial charge in [-0.05, 0) is 67.5 Å². The van der Waals surface area contributed by atoms with Gasteiger partial charge < -0.3 is 14.4 Å². The number of nitrogens with zero attached hydrogens (tertiary/aromatic N) is 2. The van der Waals surface area contributed by atoms with Crippen LogP contribution in [0.4, 0.5) is 0 Å². The highest BCUT2D eigenvalue weighted by atomic mass is 16.6. The highest BCUT2D eigenvalue weighted by Crippen LogP contribution is 2.65. The number of esters is 1. The maximum absolute atomic E-state index is 13.5. The van der Waals surface area contributed by atoms with Gasteiger partial charge in [0.2, 0.25) is 5.91 Å². The van der Waals surface area contributed by atoms with Crippen molar-refractivity contribution >= 4 is 18.0 Å². The molecule has 1 spiro atoms. The molecule has 1 amide bonds. The lowest BCUT2D eigenvalue weighted by molar-refractivity contribution is -0.223. The highest BCUT2D eigenvalue weighted by molar-refractivity contribution is 5.92. The number of carbonyl (C=O) groups is 2. The fourth-order valence-corrected chi connectivity index (χ4v) is 8.60. The van der Waals surface area contributed by atoms with Gasteiger partial charge in [-0.2, -0.15) is 0 Å². The van der Waals surface area contributed by atoms with Crippen molar-refractivity contribution in [2.45, 2.75) is 68.2 Å². The van der Waals surface area contributed by atoms with Crippen LogP contribution in [-0.2, 0) is 32.6 Å². The van der Waals surface area contributed by atoms with Crippen LogP contribution in [0.5, 0.6) is 5.75 Å². The number of amides is 1. The van der Waals surface area contributed by atoms with E-state index in [1.165, 1.54) is 23.6 Å². The third-order valence-corrected chi connectivity index (χ3v) is 10.3. The number of likely N-dealkylation sites (tertiary alicyclic amines) is 1. The van der Waals surface area contributed by atoms with Crippen molar-refractivity contribution in [2.24, 2.45) is 0 Å². The van der Waals surface area contributed by atoms with Gasteiger partial charge in [-0.3, -0.25) is 14.5 Å². The summed E-state index contributed by atoms with van der Waals surface area (Å²) in [6, 6.07) is 26.7. The second-order valence-corrected chi connectivity index (χ2v) is 12.3. The first kappa shape index (κ1) is 27.0. The normalized spacial score (nSPS) is 29.0. The van der Waals surface area contributed by atoms with Gasteiger partial charge in [0.15, 0.2) is 0 Å². The van der Waals surface area contributed by atoms with Gasteiger partial charge in [0.1, 0.15) is 17.5 Å². The fourth-order valence-electron chi connectivity index (χ4n) is 8.60. The Morgan fingerprint density at radius 2 is 1.79 bits per heavy atom. The summed E-state index contributed by atoms with van der Waals surface area (Å²) in [6.07, 6.45) is 7.21. The van der Waals surface area contributed by atoms with Crippen LogP contribution < -0.4 is 4.74 Å². The number of benzene rings is 3. The number of hydrogen-bond donors (Lipinski definition) is 0. The molecule has 0 aromatic heterocycles. The molecule has 0 radical (unpaired) electrons. The molecule has 6 heteroatoms. The van der Waals surface area contributed by atoms with Crippen LogP contribution in [-0.4, -0.2) is 65.6 Å². The zero-order valence-corrected chi connectivity index (χ0v) is 24.4. The Labute approximate surface area is 247 Å². The summed E-state index contributed by atoms with van der Waals surface area (Å²) in [5.74, 6) is 0.593. The summed E-state index contributed by atoms with van der Waals surface area (Å²) in [5.41, 5.74) is 3.58. The van der Waals surface area contributed by atoms with Crippen molar-refractivity contribution in [1.29, 1.82) is 0 Å². The standard InChI is InChI=1S/C36H38N2O4/c1-25(39)42-36-20-18-29(37(2)32(40)17-16-26-10-5-3-6-11-26)34-35(36)21-23-38(22-19-27-12-7-4-8-13-27)31(36)24-28-14-9-15-30(41-34)33(28)35/h3-17,29,31,34H,18-24H2,1-2H3/t29-,31+,34-,35-,36+/m0/s1. The molecule has 7 rings (SSSR count). The molecule has 3 aromatic rings. The summed E-state index contributed by atoms with van der Waals surface area (Å²) < 4.78 is 13.5. The van der Waals surface area contributed by atoms with E-state index in [2.05, 4.69) is 53.4 Å². The molecule has 6 nitrogen and oxygen atoms in total. The first-order valence-electron chi connectivity index (χ1n) is 15.2. The lowest BCUT2D eigenvalue weighted by atomic mass is 9.48. The van der Waals surface area contributed by atoms with E-state index in [0.29, 0.717) is 12.8 Å². The first-order chi connectivity index (χ1) is 20.4. The Hall–Kier alpha value is -3.90. The Balaban J connectivity index is 1.25. The van der Waals surface area contributed by atoms with Gasteiger partial charge in [0.05, 0.1) is 17.5 Å². The molecular formula is C36H38N2O4. The average molecular weight is 563 g/mol. The van der Waals surface area contributed by atoms with Crippen LogP contribution in [0, 0.1) is 0 Å². The summed E-state index contributed by atoms with van der Waals surface area (Å²) in [7, 11) is 1.89. The molecular weight excluding hydrogens is 524 g/mol. The van der Waals surface area contributed by atoms with Gasteiger partial charge in [-0.15, -0.1) is 0 Å². The molecule has 0 unspecified atom stereocenters. The number of ether oxygens (including phenoxy) is 2. The first-order valence-corrected chi connectivity index (χ1v) is 15.2. The SMILES string of the molecule is CC(=O)O[C@@]12CC[C@H](N(C)C(=O)C=Cc3ccccc3)[C@@H]3Oc4cccc5c4[C@@]31CCN(CCc1ccccc1)[C@@H]2C5. The third-order valence-electron chi connectivity index (χ3n) is 10.3. The predicted molar refractivity (Wildman–Crippen MR) is 162 cm³/mol. The summed E-state index contributed by atoms with van der Waals surface area (Å²) in [4.78, 5) is 30.8. The van der Waals surface area contributed by atoms with Gasteiger partial charge in [0.25, 0.3) is 0 Å². The zero-order valence-electron chi connectivity index (χ0n) is 24.4. The maximum atomic E-state index is 13.5. The van der Waals surface area contributed by atoms with Crippen LogP contribution in [0.3, 0.4) is 0 Å². The van der Waals surface area contributed by atoms with Gasteiger partial charge in [-0.1, -0.05) is 72.8 Å². The Morgan fingerprint density at radius 3 is 2.55 bits per heavy atom. The maximum Gasteiger partial charge on any atom is 0.303 e. The third kappa shape index (κ3) is 4.10. The van der Waals surface area contributed by atoms with E-state index in [0.717, 1.165) is 43.7 Å². The van der Waals surface area contributed by atoms with Crippen molar-refractivity contribution < 1.29 is 19.1 Å². The van der Waals surface area contributed by atoms with Gasteiger partial charge >= 0.3 is 5.97 Å². The fraction of sp³-hybridized carbons (Fsp3) is 0.389.